The van der Waals surface area contributed by atoms with Crippen molar-refractivity contribution >= 4 is 34.6 Å². The summed E-state index contributed by atoms with van der Waals surface area (Å²) in [4.78, 5) is 10.2. The highest BCUT2D eigenvalue weighted by Gasteiger charge is 2.82. The van der Waals surface area contributed by atoms with E-state index >= 15 is 0 Å². The maximum Gasteiger partial charge on any atom is 0.380 e. The number of allylic oxidation sites excluding steroid dienone is 3. The van der Waals surface area contributed by atoms with Crippen molar-refractivity contribution in [3.63, 3.8) is 0 Å². The smallest absolute Gasteiger partial charge is 0.380 e. The summed E-state index contributed by atoms with van der Waals surface area (Å²) in [6.07, 6.45) is 0.740. The van der Waals surface area contributed by atoms with Crippen LogP contribution >= 0.6 is 23.1 Å². The Morgan fingerprint density at radius 3 is 2.11 bits per heavy atom. The fourth-order valence-electron chi connectivity index (χ4n) is 3.63. The van der Waals surface area contributed by atoms with Crippen molar-refractivity contribution in [1.82, 2.24) is 0 Å². The van der Waals surface area contributed by atoms with Crippen LogP contribution in [0.5, 0.6) is 0 Å². The van der Waals surface area contributed by atoms with E-state index in [0.29, 0.717) is 29.2 Å². The molecule has 3 N–H and O–H groups in total. The minimum Gasteiger partial charge on any atom is -0.480 e. The Morgan fingerprint density at radius 1 is 1.00 bits per heavy atom. The molecule has 28 heavy (non-hydrogen) atoms. The Kier molecular flexibility index (Phi) is 3.50. The summed E-state index contributed by atoms with van der Waals surface area (Å²) < 4.78 is 84.6. The Bertz CT molecular complexity index is 1050. The molecule has 0 saturated heterocycles. The molecule has 150 valence electrons. The molecule has 0 fully saturated rings. The van der Waals surface area contributed by atoms with Crippen molar-refractivity contribution in [2.45, 2.75) is 29.4 Å². The first kappa shape index (κ1) is 19.2. The average Bonchev–Trinajstić information content (AvgIpc) is 3.16. The van der Waals surface area contributed by atoms with Gasteiger partial charge in [0.05, 0.1) is 9.65 Å². The summed E-state index contributed by atoms with van der Waals surface area (Å²) in [7, 11) is 0. The summed E-state index contributed by atoms with van der Waals surface area (Å²) in [5, 5.41) is 27.8. The fraction of sp³-hybridized carbons (Fsp3) is 0.312. The lowest BCUT2D eigenvalue weighted by Gasteiger charge is -2.34. The minimum atomic E-state index is -5.75. The molecule has 12 heteroatoms. The van der Waals surface area contributed by atoms with Crippen LogP contribution in [0.1, 0.15) is 27.0 Å². The lowest BCUT2D eigenvalue weighted by atomic mass is 9.79. The van der Waals surface area contributed by atoms with Crippen LogP contribution in [-0.2, 0) is 4.75 Å². The molecule has 4 rings (SSSR count). The number of fused-ring (bicyclic) bond motifs is 5. The SMILES string of the molecule is C[C@@]12SC(=C(O)O)C=C1C1=C(c3cc(C(=O)O)sc32)C(F)(F)C(F)(F)C1(F)F. The van der Waals surface area contributed by atoms with Crippen LogP contribution in [0.3, 0.4) is 0 Å². The van der Waals surface area contributed by atoms with Gasteiger partial charge in [-0.25, -0.2) is 4.79 Å². The van der Waals surface area contributed by atoms with Crippen LogP contribution < -0.4 is 0 Å². The number of aromatic carboxylic acids is 1. The van der Waals surface area contributed by atoms with Gasteiger partial charge in [0.2, 0.25) is 0 Å². The number of aliphatic hydroxyl groups is 2. The van der Waals surface area contributed by atoms with Gasteiger partial charge in [0.15, 0.2) is 0 Å². The Morgan fingerprint density at radius 2 is 1.57 bits per heavy atom. The largest absolute Gasteiger partial charge is 0.480 e. The van der Waals surface area contributed by atoms with Crippen molar-refractivity contribution in [2.24, 2.45) is 0 Å². The maximum absolute atomic E-state index is 14.6. The predicted molar refractivity (Wildman–Crippen MR) is 88.3 cm³/mol. The van der Waals surface area contributed by atoms with E-state index in [0.717, 1.165) is 6.08 Å². The molecule has 0 amide bonds. The topological polar surface area (TPSA) is 77.8 Å². The van der Waals surface area contributed by atoms with E-state index in [-0.39, 0.29) is 4.88 Å². The Labute approximate surface area is 160 Å². The molecule has 1 aromatic heterocycles. The fourth-order valence-corrected chi connectivity index (χ4v) is 6.12. The molecule has 2 aliphatic carbocycles. The van der Waals surface area contributed by atoms with E-state index in [1.54, 1.807) is 0 Å². The Hall–Kier alpha value is -2.08. The highest BCUT2D eigenvalue weighted by molar-refractivity contribution is 8.04. The first-order valence-corrected chi connectivity index (χ1v) is 9.11. The zero-order valence-electron chi connectivity index (χ0n) is 13.5. The van der Waals surface area contributed by atoms with Crippen LogP contribution in [0, 0.1) is 0 Å². The van der Waals surface area contributed by atoms with Crippen molar-refractivity contribution in [3.05, 3.63) is 49.5 Å². The van der Waals surface area contributed by atoms with Gasteiger partial charge in [0, 0.05) is 21.6 Å². The summed E-state index contributed by atoms with van der Waals surface area (Å²) >= 11 is 1.05. The van der Waals surface area contributed by atoms with E-state index in [1.807, 2.05) is 0 Å². The van der Waals surface area contributed by atoms with Gasteiger partial charge in [-0.05, 0) is 24.6 Å². The van der Waals surface area contributed by atoms with E-state index < -0.39 is 66.5 Å². The molecule has 0 radical (unpaired) electrons. The molecule has 0 aromatic carbocycles. The Balaban J connectivity index is 2.16. The molecule has 1 aromatic rings. The summed E-state index contributed by atoms with van der Waals surface area (Å²) in [5.41, 5.74) is -4.60. The van der Waals surface area contributed by atoms with Gasteiger partial charge in [0.1, 0.15) is 4.88 Å². The number of halogens is 6. The van der Waals surface area contributed by atoms with Gasteiger partial charge in [-0.1, -0.05) is 0 Å². The zero-order chi connectivity index (χ0) is 21.0. The van der Waals surface area contributed by atoms with Crippen LogP contribution in [0.2, 0.25) is 0 Å². The van der Waals surface area contributed by atoms with Gasteiger partial charge >= 0.3 is 23.7 Å². The number of aliphatic hydroxyl groups excluding tert-OH is 1. The van der Waals surface area contributed by atoms with E-state index in [4.69, 9.17) is 0 Å². The van der Waals surface area contributed by atoms with E-state index in [9.17, 15) is 46.5 Å². The third-order valence-corrected chi connectivity index (χ3v) is 7.73. The van der Waals surface area contributed by atoms with Gasteiger partial charge < -0.3 is 15.3 Å². The molecule has 3 aliphatic rings. The van der Waals surface area contributed by atoms with Gasteiger partial charge in [-0.3, -0.25) is 0 Å². The number of hydrogen-bond donors (Lipinski definition) is 3. The molecule has 4 nitrogen and oxygen atoms in total. The lowest BCUT2D eigenvalue weighted by molar-refractivity contribution is -0.259. The first-order valence-electron chi connectivity index (χ1n) is 7.48. The molecule has 0 spiro atoms. The average molecular weight is 442 g/mol. The highest BCUT2D eigenvalue weighted by Crippen LogP contribution is 2.72. The number of thioether (sulfide) groups is 1. The second kappa shape index (κ2) is 5.09. The van der Waals surface area contributed by atoms with Crippen molar-refractivity contribution < 1.29 is 46.5 Å². The molecule has 1 atom stereocenters. The van der Waals surface area contributed by atoms with Crippen LogP contribution in [-0.4, -0.2) is 39.1 Å². The predicted octanol–water partition coefficient (Wildman–Crippen LogP) is 5.31. The zero-order valence-corrected chi connectivity index (χ0v) is 15.1. The monoisotopic (exact) mass is 442 g/mol. The lowest BCUT2D eigenvalue weighted by Crippen LogP contribution is -2.49. The van der Waals surface area contributed by atoms with Gasteiger partial charge in [-0.2, -0.15) is 26.3 Å². The van der Waals surface area contributed by atoms with Crippen molar-refractivity contribution in [2.75, 3.05) is 0 Å². The molecule has 0 unspecified atom stereocenters. The van der Waals surface area contributed by atoms with Crippen LogP contribution in [0.15, 0.2) is 34.1 Å². The minimum absolute atomic E-state index is 0.163. The number of rotatable bonds is 1. The molecule has 0 bridgehead atoms. The van der Waals surface area contributed by atoms with Gasteiger partial charge in [0.25, 0.3) is 5.95 Å². The number of thiophene rings is 1. The van der Waals surface area contributed by atoms with Crippen LogP contribution in [0.4, 0.5) is 26.3 Å². The summed E-state index contributed by atoms with van der Waals surface area (Å²) in [6, 6.07) is 0.673. The number of carboxylic acids is 1. The molecule has 2 heterocycles. The van der Waals surface area contributed by atoms with Crippen molar-refractivity contribution in [3.8, 4) is 0 Å². The van der Waals surface area contributed by atoms with E-state index in [1.165, 1.54) is 6.92 Å². The summed E-state index contributed by atoms with van der Waals surface area (Å²) in [6.45, 7) is 1.24. The van der Waals surface area contributed by atoms with Gasteiger partial charge in [-0.15, -0.1) is 23.1 Å². The number of alkyl halides is 6. The number of carbonyl (C=O) groups is 1. The third kappa shape index (κ3) is 1.92. The summed E-state index contributed by atoms with van der Waals surface area (Å²) in [5.74, 6) is -19.1. The van der Waals surface area contributed by atoms with E-state index in [2.05, 4.69) is 0 Å². The van der Waals surface area contributed by atoms with Crippen molar-refractivity contribution in [1.29, 1.82) is 0 Å². The second-order valence-corrected chi connectivity index (χ2v) is 9.03. The first-order chi connectivity index (χ1) is 12.7. The third-order valence-electron chi connectivity index (χ3n) is 4.91. The number of hydrogen-bond acceptors (Lipinski definition) is 5. The number of carboxylic acid groups (broad SMARTS) is 1. The molecule has 1 aliphatic heterocycles. The second-order valence-electron chi connectivity index (χ2n) is 6.51. The maximum atomic E-state index is 14.6. The molecule has 0 saturated carbocycles. The standard InChI is InChI=1S/C16H8F6O4S2/c1-13-5(3-7(28-13)12(25)26)9-8(4-2-6(11(23)24)27-10(4)13)14(17,18)16(21,22)15(9,19)20/h2-3,25-26H,1H3,(H,23,24)/t13-/m1/s1. The molecular formula is C16H8F6O4S2. The quantitative estimate of drug-likeness (QED) is 0.406. The normalized spacial score (nSPS) is 28.5. The van der Waals surface area contributed by atoms with Crippen LogP contribution in [0.25, 0.3) is 5.57 Å². The molecular weight excluding hydrogens is 434 g/mol. The highest BCUT2D eigenvalue weighted by atomic mass is 32.2.